The molecule has 6 heteroatoms. The Morgan fingerprint density at radius 1 is 1.35 bits per heavy atom. The predicted molar refractivity (Wildman–Crippen MR) is 72.1 cm³/mol. The average Bonchev–Trinajstić information content (AvgIpc) is 2.84. The summed E-state index contributed by atoms with van der Waals surface area (Å²) in [4.78, 5) is 3.55. The van der Waals surface area contributed by atoms with Crippen LogP contribution < -0.4 is 0 Å². The van der Waals surface area contributed by atoms with E-state index in [2.05, 4.69) is 36.2 Å². The summed E-state index contributed by atoms with van der Waals surface area (Å²) in [6.45, 7) is 2.65. The lowest BCUT2D eigenvalue weighted by molar-refractivity contribution is 0.499. The van der Waals surface area contributed by atoms with Gasteiger partial charge in [-0.05, 0) is 12.0 Å². The Balaban J connectivity index is 0.000000171. The van der Waals surface area contributed by atoms with Crippen molar-refractivity contribution >= 4 is 26.3 Å². The number of aliphatic imine (C=N–C) groups is 1. The third kappa shape index (κ3) is 5.34. The summed E-state index contributed by atoms with van der Waals surface area (Å²) in [5.41, 5.74) is 1.41. The van der Waals surface area contributed by atoms with E-state index in [9.17, 15) is 8.42 Å². The van der Waals surface area contributed by atoms with Crippen LogP contribution in [-0.4, -0.2) is 29.6 Å². The van der Waals surface area contributed by atoms with Crippen LogP contribution in [0.25, 0.3) is 0 Å². The molecule has 0 aliphatic carbocycles. The van der Waals surface area contributed by atoms with Crippen LogP contribution in [0.3, 0.4) is 0 Å². The van der Waals surface area contributed by atoms with Gasteiger partial charge in [-0.3, -0.25) is 9.55 Å². The summed E-state index contributed by atoms with van der Waals surface area (Å²) < 4.78 is 28.7. The predicted octanol–water partition coefficient (Wildman–Crippen LogP) is 2.23. The highest BCUT2D eigenvalue weighted by molar-refractivity contribution is 8.33. The van der Waals surface area contributed by atoms with Crippen LogP contribution in [0.4, 0.5) is 0 Å². The molecule has 0 spiro atoms. The summed E-state index contributed by atoms with van der Waals surface area (Å²) in [5.74, 6) is 0.648. The van der Waals surface area contributed by atoms with Crippen molar-refractivity contribution in [3.8, 4) is 0 Å². The first-order chi connectivity index (χ1) is 8.04. The van der Waals surface area contributed by atoms with E-state index >= 15 is 0 Å². The van der Waals surface area contributed by atoms with Crippen LogP contribution in [0.1, 0.15) is 12.5 Å². The van der Waals surface area contributed by atoms with Crippen LogP contribution in [0.2, 0.25) is 0 Å². The largest absolute Gasteiger partial charge is 0.318 e. The van der Waals surface area contributed by atoms with Gasteiger partial charge < -0.3 is 0 Å². The van der Waals surface area contributed by atoms with Crippen LogP contribution in [-0.2, 0) is 16.5 Å². The van der Waals surface area contributed by atoms with Crippen molar-refractivity contribution in [3.63, 3.8) is 0 Å². The molecule has 0 bridgehead atoms. The number of thioether (sulfide) groups is 1. The maximum absolute atomic E-state index is 10.2. The van der Waals surface area contributed by atoms with Crippen LogP contribution >= 0.6 is 11.8 Å². The van der Waals surface area contributed by atoms with Gasteiger partial charge in [-0.2, -0.15) is 8.42 Å². The number of benzene rings is 1. The smallest absolute Gasteiger partial charge is 0.280 e. The Bertz CT molecular complexity index is 469. The van der Waals surface area contributed by atoms with E-state index in [1.54, 1.807) is 0 Å². The second-order valence-electron chi connectivity index (χ2n) is 3.31. The van der Waals surface area contributed by atoms with Crippen molar-refractivity contribution in [2.75, 3.05) is 12.3 Å². The van der Waals surface area contributed by atoms with Gasteiger partial charge in [-0.15, -0.1) is 0 Å². The normalized spacial score (nSPS) is 14.8. The second-order valence-corrected chi connectivity index (χ2v) is 5.99. The van der Waals surface area contributed by atoms with E-state index in [1.807, 2.05) is 6.07 Å². The minimum atomic E-state index is -3.99. The lowest BCUT2D eigenvalue weighted by Gasteiger charge is -1.89. The molecule has 0 saturated heterocycles. The molecule has 0 saturated carbocycles. The minimum Gasteiger partial charge on any atom is -0.280 e. The van der Waals surface area contributed by atoms with Crippen molar-refractivity contribution in [1.29, 1.82) is 0 Å². The van der Waals surface area contributed by atoms with Gasteiger partial charge in [-0.25, -0.2) is 0 Å². The highest BCUT2D eigenvalue weighted by Gasteiger charge is 2.19. The molecule has 94 valence electrons. The highest BCUT2D eigenvalue weighted by Crippen LogP contribution is 2.14. The topological polar surface area (TPSA) is 66.7 Å². The van der Waals surface area contributed by atoms with E-state index in [4.69, 9.17) is 4.55 Å². The molecule has 0 atom stereocenters. The van der Waals surface area contributed by atoms with Crippen molar-refractivity contribution in [2.24, 2.45) is 4.99 Å². The number of hydrogen-bond acceptors (Lipinski definition) is 4. The fourth-order valence-electron chi connectivity index (χ4n) is 1.19. The first-order valence-corrected chi connectivity index (χ1v) is 7.65. The van der Waals surface area contributed by atoms with E-state index in [1.165, 1.54) is 5.56 Å². The van der Waals surface area contributed by atoms with E-state index in [0.29, 0.717) is 12.3 Å². The highest BCUT2D eigenvalue weighted by atomic mass is 32.3. The molecule has 0 aromatic heterocycles. The second kappa shape index (κ2) is 6.78. The van der Waals surface area contributed by atoms with Gasteiger partial charge in [-0.1, -0.05) is 49.0 Å². The molecular formula is C11H15NO3S2. The molecule has 1 heterocycles. The zero-order chi connectivity index (χ0) is 12.7. The van der Waals surface area contributed by atoms with Crippen molar-refractivity contribution in [3.05, 3.63) is 35.9 Å². The molecule has 0 unspecified atom stereocenters. The number of nitrogens with zero attached hydrogens (tertiary/aromatic N) is 1. The molecule has 0 amide bonds. The molecule has 2 rings (SSSR count). The third-order valence-corrected chi connectivity index (χ3v) is 4.35. The third-order valence-electron chi connectivity index (χ3n) is 2.03. The fraction of sp³-hybridized carbons (Fsp3) is 0.364. The average molecular weight is 273 g/mol. The zero-order valence-corrected chi connectivity index (χ0v) is 11.2. The quantitative estimate of drug-likeness (QED) is 0.797. The van der Waals surface area contributed by atoms with E-state index in [-0.39, 0.29) is 4.38 Å². The Morgan fingerprint density at radius 3 is 2.29 bits per heavy atom. The summed E-state index contributed by atoms with van der Waals surface area (Å²) >= 11 is 1.06. The van der Waals surface area contributed by atoms with Gasteiger partial charge >= 0.3 is 10.1 Å². The van der Waals surface area contributed by atoms with Gasteiger partial charge in [0.1, 0.15) is 0 Å². The molecular weight excluding hydrogens is 258 g/mol. The Kier molecular flexibility index (Phi) is 5.67. The van der Waals surface area contributed by atoms with Crippen LogP contribution in [0.5, 0.6) is 0 Å². The molecule has 0 fully saturated rings. The Morgan fingerprint density at radius 2 is 2.00 bits per heavy atom. The SMILES string of the molecule is CCc1ccccc1.O=S(=O)(O)C1=NCCS1. The molecule has 1 N–H and O–H groups in total. The Hall–Kier alpha value is -0.850. The van der Waals surface area contributed by atoms with E-state index < -0.39 is 10.1 Å². The standard InChI is InChI=1S/C8H10.C3H5NO3S2/c1-2-8-6-4-3-5-7-8;5-9(6,7)3-4-1-2-8-3/h3-7H,2H2,1H3;1-2H2,(H,5,6,7). The van der Waals surface area contributed by atoms with Gasteiger partial charge in [0.2, 0.25) is 4.38 Å². The number of hydrogen-bond donors (Lipinski definition) is 1. The summed E-state index contributed by atoms with van der Waals surface area (Å²) in [6.07, 6.45) is 1.14. The van der Waals surface area contributed by atoms with Gasteiger partial charge in [0, 0.05) is 5.75 Å². The molecule has 17 heavy (non-hydrogen) atoms. The number of rotatable bonds is 1. The molecule has 0 radical (unpaired) electrons. The van der Waals surface area contributed by atoms with Crippen LogP contribution in [0.15, 0.2) is 35.3 Å². The van der Waals surface area contributed by atoms with E-state index in [0.717, 1.165) is 18.2 Å². The Labute approximate surface area is 106 Å². The lowest BCUT2D eigenvalue weighted by Crippen LogP contribution is -2.06. The van der Waals surface area contributed by atoms with Gasteiger partial charge in [0.15, 0.2) is 0 Å². The molecule has 1 aromatic carbocycles. The monoisotopic (exact) mass is 273 g/mol. The first-order valence-electron chi connectivity index (χ1n) is 5.22. The van der Waals surface area contributed by atoms with Gasteiger partial charge in [0.05, 0.1) is 6.54 Å². The molecule has 1 aromatic rings. The molecule has 4 nitrogen and oxygen atoms in total. The van der Waals surface area contributed by atoms with Crippen molar-refractivity contribution in [1.82, 2.24) is 0 Å². The fourth-order valence-corrected chi connectivity index (χ4v) is 2.83. The maximum atomic E-state index is 10.2. The van der Waals surface area contributed by atoms with Gasteiger partial charge in [0.25, 0.3) is 0 Å². The van der Waals surface area contributed by atoms with Crippen LogP contribution in [0, 0.1) is 0 Å². The summed E-state index contributed by atoms with van der Waals surface area (Å²) in [7, 11) is -3.99. The molecule has 1 aliphatic heterocycles. The van der Waals surface area contributed by atoms with Crippen molar-refractivity contribution in [2.45, 2.75) is 13.3 Å². The lowest BCUT2D eigenvalue weighted by atomic mass is 10.2. The summed E-state index contributed by atoms with van der Waals surface area (Å²) in [6, 6.07) is 10.5. The summed E-state index contributed by atoms with van der Waals surface area (Å²) in [5, 5.41) is 0. The molecule has 1 aliphatic rings. The first kappa shape index (κ1) is 14.2. The zero-order valence-electron chi connectivity index (χ0n) is 9.54. The maximum Gasteiger partial charge on any atom is 0.318 e. The number of aryl methyl sites for hydroxylation is 1. The van der Waals surface area contributed by atoms with Crippen molar-refractivity contribution < 1.29 is 13.0 Å². The minimum absolute atomic E-state index is 0.150.